The number of hydrogen-bond donors (Lipinski definition) is 2. The second kappa shape index (κ2) is 6.87. The minimum atomic E-state index is -0.404. The van der Waals surface area contributed by atoms with Gasteiger partial charge in [0, 0.05) is 17.0 Å². The summed E-state index contributed by atoms with van der Waals surface area (Å²) < 4.78 is 0. The Morgan fingerprint density at radius 1 is 1.17 bits per heavy atom. The number of carbonyl (C=O) groups is 2. The lowest BCUT2D eigenvalue weighted by Gasteiger charge is -2.23. The molecule has 23 heavy (non-hydrogen) atoms. The van der Waals surface area contributed by atoms with Crippen molar-refractivity contribution in [1.82, 2.24) is 0 Å². The van der Waals surface area contributed by atoms with Gasteiger partial charge in [-0.05, 0) is 30.2 Å². The zero-order valence-corrected chi connectivity index (χ0v) is 13.7. The van der Waals surface area contributed by atoms with E-state index in [1.807, 2.05) is 55.5 Å². The third-order valence-electron chi connectivity index (χ3n) is 3.75. The average Bonchev–Trinajstić information content (AvgIpc) is 2.56. The van der Waals surface area contributed by atoms with Crippen LogP contribution in [0.2, 0.25) is 0 Å². The van der Waals surface area contributed by atoms with Gasteiger partial charge in [0.2, 0.25) is 11.8 Å². The Balaban J connectivity index is 1.68. The number of aryl methyl sites for hydroxylation is 1. The van der Waals surface area contributed by atoms with Gasteiger partial charge < -0.3 is 10.6 Å². The molecule has 2 aromatic carbocycles. The smallest absolute Gasteiger partial charge is 0.238 e. The summed E-state index contributed by atoms with van der Waals surface area (Å²) in [7, 11) is 0. The zero-order valence-electron chi connectivity index (χ0n) is 12.8. The number of carbonyl (C=O) groups excluding carboxylic acids is 2. The fraction of sp³-hybridized carbons (Fsp3) is 0.222. The molecular formula is C18H18N2O2S. The maximum Gasteiger partial charge on any atom is 0.238 e. The molecule has 1 heterocycles. The number of amides is 2. The number of para-hydroxylation sites is 2. The van der Waals surface area contributed by atoms with Crippen LogP contribution in [0, 0.1) is 0 Å². The largest absolute Gasteiger partial charge is 0.326 e. The molecule has 0 saturated carbocycles. The normalized spacial score (nSPS) is 16.4. The molecule has 3 rings (SSSR count). The molecule has 0 unspecified atom stereocenters. The van der Waals surface area contributed by atoms with E-state index in [1.54, 1.807) is 0 Å². The fourth-order valence-corrected chi connectivity index (χ4v) is 3.66. The summed E-state index contributed by atoms with van der Waals surface area (Å²) in [5.41, 5.74) is 2.73. The van der Waals surface area contributed by atoms with E-state index in [1.165, 1.54) is 11.8 Å². The molecule has 1 aliphatic rings. The molecule has 1 aliphatic heterocycles. The Hall–Kier alpha value is -2.27. The molecule has 2 amide bonds. The predicted molar refractivity (Wildman–Crippen MR) is 93.8 cm³/mol. The van der Waals surface area contributed by atoms with Crippen LogP contribution < -0.4 is 10.6 Å². The zero-order chi connectivity index (χ0) is 16.2. The van der Waals surface area contributed by atoms with E-state index in [4.69, 9.17) is 0 Å². The monoisotopic (exact) mass is 326 g/mol. The van der Waals surface area contributed by atoms with Crippen molar-refractivity contribution in [2.24, 2.45) is 0 Å². The van der Waals surface area contributed by atoms with Crippen LogP contribution in [0.15, 0.2) is 53.4 Å². The maximum atomic E-state index is 12.3. The highest BCUT2D eigenvalue weighted by Gasteiger charge is 2.28. The fourth-order valence-electron chi connectivity index (χ4n) is 2.55. The van der Waals surface area contributed by atoms with Gasteiger partial charge in [0.1, 0.15) is 0 Å². The first-order valence-corrected chi connectivity index (χ1v) is 8.49. The van der Waals surface area contributed by atoms with Crippen LogP contribution in [-0.4, -0.2) is 17.1 Å². The third-order valence-corrected chi connectivity index (χ3v) is 5.02. The Bertz CT molecular complexity index is 745. The molecule has 0 aromatic heterocycles. The number of anilines is 2. The first-order chi connectivity index (χ1) is 11.2. The molecule has 118 valence electrons. The van der Waals surface area contributed by atoms with Crippen molar-refractivity contribution in [2.45, 2.75) is 29.9 Å². The molecule has 0 radical (unpaired) electrons. The SMILES string of the molecule is CCc1ccccc1NC(=O)C[C@@H]1Sc2ccccc2NC1=O. The van der Waals surface area contributed by atoms with E-state index >= 15 is 0 Å². The van der Waals surface area contributed by atoms with Gasteiger partial charge in [-0.25, -0.2) is 0 Å². The number of rotatable bonds is 4. The summed E-state index contributed by atoms with van der Waals surface area (Å²) in [4.78, 5) is 25.5. The summed E-state index contributed by atoms with van der Waals surface area (Å²) >= 11 is 1.44. The Morgan fingerprint density at radius 2 is 1.91 bits per heavy atom. The molecule has 4 nitrogen and oxygen atoms in total. The molecule has 2 aromatic rings. The molecule has 0 aliphatic carbocycles. The molecule has 0 fully saturated rings. The van der Waals surface area contributed by atoms with E-state index in [0.29, 0.717) is 0 Å². The van der Waals surface area contributed by atoms with E-state index in [-0.39, 0.29) is 18.2 Å². The predicted octanol–water partition coefficient (Wildman–Crippen LogP) is 3.69. The van der Waals surface area contributed by atoms with Gasteiger partial charge in [-0.1, -0.05) is 37.3 Å². The Labute approximate surface area is 139 Å². The molecular weight excluding hydrogens is 308 g/mol. The highest BCUT2D eigenvalue weighted by atomic mass is 32.2. The summed E-state index contributed by atoms with van der Waals surface area (Å²) in [5.74, 6) is -0.259. The second-order valence-corrected chi connectivity index (χ2v) is 6.60. The number of hydrogen-bond acceptors (Lipinski definition) is 3. The van der Waals surface area contributed by atoms with Crippen LogP contribution in [0.25, 0.3) is 0 Å². The van der Waals surface area contributed by atoms with E-state index in [0.717, 1.165) is 28.3 Å². The Kier molecular flexibility index (Phi) is 4.67. The molecule has 2 N–H and O–H groups in total. The van der Waals surface area contributed by atoms with Crippen LogP contribution >= 0.6 is 11.8 Å². The van der Waals surface area contributed by atoms with E-state index < -0.39 is 5.25 Å². The highest BCUT2D eigenvalue weighted by molar-refractivity contribution is 8.01. The summed E-state index contributed by atoms with van der Waals surface area (Å²) in [6, 6.07) is 15.4. The lowest BCUT2D eigenvalue weighted by molar-refractivity contribution is -0.120. The van der Waals surface area contributed by atoms with Gasteiger partial charge in [0.05, 0.1) is 10.9 Å². The van der Waals surface area contributed by atoms with Crippen molar-refractivity contribution in [2.75, 3.05) is 10.6 Å². The second-order valence-electron chi connectivity index (χ2n) is 5.35. The number of benzene rings is 2. The van der Waals surface area contributed by atoms with Gasteiger partial charge in [-0.3, -0.25) is 9.59 Å². The standard InChI is InChI=1S/C18H18N2O2S/c1-2-12-7-3-4-8-13(12)19-17(21)11-16-18(22)20-14-9-5-6-10-15(14)23-16/h3-10,16H,2,11H2,1H3,(H,19,21)(H,20,22)/t16-/m0/s1. The lowest BCUT2D eigenvalue weighted by Crippen LogP contribution is -2.32. The van der Waals surface area contributed by atoms with Crippen molar-refractivity contribution in [3.8, 4) is 0 Å². The van der Waals surface area contributed by atoms with Crippen molar-refractivity contribution in [1.29, 1.82) is 0 Å². The summed E-state index contributed by atoms with van der Waals surface area (Å²) in [6.07, 6.45) is 1.01. The van der Waals surface area contributed by atoms with Gasteiger partial charge in [-0.15, -0.1) is 11.8 Å². The quantitative estimate of drug-likeness (QED) is 0.901. The van der Waals surface area contributed by atoms with Crippen molar-refractivity contribution in [3.63, 3.8) is 0 Å². The molecule has 0 spiro atoms. The lowest BCUT2D eigenvalue weighted by atomic mass is 10.1. The van der Waals surface area contributed by atoms with Gasteiger partial charge >= 0.3 is 0 Å². The molecule has 1 atom stereocenters. The number of nitrogens with one attached hydrogen (secondary N) is 2. The number of thioether (sulfide) groups is 1. The number of fused-ring (bicyclic) bond motifs is 1. The minimum Gasteiger partial charge on any atom is -0.326 e. The molecule has 0 bridgehead atoms. The molecule has 5 heteroatoms. The van der Waals surface area contributed by atoms with E-state index in [9.17, 15) is 9.59 Å². The van der Waals surface area contributed by atoms with Crippen LogP contribution in [0.1, 0.15) is 18.9 Å². The Morgan fingerprint density at radius 3 is 2.74 bits per heavy atom. The summed E-state index contributed by atoms with van der Waals surface area (Å²) in [5, 5.41) is 5.38. The van der Waals surface area contributed by atoms with Crippen LogP contribution in [-0.2, 0) is 16.0 Å². The van der Waals surface area contributed by atoms with Crippen molar-refractivity contribution in [3.05, 3.63) is 54.1 Å². The van der Waals surface area contributed by atoms with Crippen LogP contribution in [0.4, 0.5) is 11.4 Å². The summed E-state index contributed by atoms with van der Waals surface area (Å²) in [6.45, 7) is 2.05. The first kappa shape index (κ1) is 15.6. The van der Waals surface area contributed by atoms with Gasteiger partial charge in [0.25, 0.3) is 0 Å². The van der Waals surface area contributed by atoms with Gasteiger partial charge in [0.15, 0.2) is 0 Å². The topological polar surface area (TPSA) is 58.2 Å². The molecule has 0 saturated heterocycles. The minimum absolute atomic E-state index is 0.118. The average molecular weight is 326 g/mol. The van der Waals surface area contributed by atoms with E-state index in [2.05, 4.69) is 10.6 Å². The van der Waals surface area contributed by atoms with Crippen LogP contribution in [0.3, 0.4) is 0 Å². The van der Waals surface area contributed by atoms with Crippen molar-refractivity contribution < 1.29 is 9.59 Å². The first-order valence-electron chi connectivity index (χ1n) is 7.61. The third kappa shape index (κ3) is 3.56. The highest BCUT2D eigenvalue weighted by Crippen LogP contribution is 2.36. The van der Waals surface area contributed by atoms with Crippen molar-refractivity contribution >= 4 is 35.0 Å². The van der Waals surface area contributed by atoms with Crippen LogP contribution in [0.5, 0.6) is 0 Å². The maximum absolute atomic E-state index is 12.3. The van der Waals surface area contributed by atoms with Gasteiger partial charge in [-0.2, -0.15) is 0 Å².